The summed E-state index contributed by atoms with van der Waals surface area (Å²) in [5.41, 5.74) is 1.70. The third kappa shape index (κ3) is 4.32. The summed E-state index contributed by atoms with van der Waals surface area (Å²) in [6.45, 7) is -0.0711. The second kappa shape index (κ2) is 8.39. The number of benzene rings is 3. The molecule has 4 aromatic rings. The second-order valence-corrected chi connectivity index (χ2v) is 6.25. The van der Waals surface area contributed by atoms with Gasteiger partial charge in [-0.05, 0) is 46.7 Å². The Hall–Kier alpha value is -3.93. The minimum absolute atomic E-state index is 0.0711. The van der Waals surface area contributed by atoms with Crippen molar-refractivity contribution in [1.29, 1.82) is 0 Å². The van der Waals surface area contributed by atoms with Crippen LogP contribution in [-0.4, -0.2) is 23.2 Å². The topological polar surface area (TPSA) is 74.5 Å². The Labute approximate surface area is 167 Å². The van der Waals surface area contributed by atoms with Gasteiger partial charge >= 0.3 is 5.97 Å². The maximum atomic E-state index is 12.1. The Kier molecular flexibility index (Phi) is 5.33. The zero-order valence-electron chi connectivity index (χ0n) is 15.7. The number of carbonyl (C=O) groups excluding carboxylic acids is 1. The minimum Gasteiger partial charge on any atom is -0.497 e. The quantitative estimate of drug-likeness (QED) is 0.355. The molecule has 0 radical (unpaired) electrons. The molecule has 144 valence electrons. The Morgan fingerprint density at radius 2 is 1.83 bits per heavy atom. The largest absolute Gasteiger partial charge is 0.497 e. The van der Waals surface area contributed by atoms with E-state index < -0.39 is 5.97 Å². The molecule has 0 saturated heterocycles. The lowest BCUT2D eigenvalue weighted by Gasteiger charge is -2.01. The number of carbonyl (C=O) groups is 1. The summed E-state index contributed by atoms with van der Waals surface area (Å²) < 4.78 is 15.6. The smallest absolute Gasteiger partial charge is 0.331 e. The molecule has 0 aliphatic carbocycles. The van der Waals surface area contributed by atoms with E-state index in [0.29, 0.717) is 11.7 Å². The van der Waals surface area contributed by atoms with Crippen LogP contribution in [0.1, 0.15) is 11.4 Å². The number of aromatic nitrogens is 2. The Balaban J connectivity index is 1.38. The SMILES string of the molecule is COc1ccc(-c2nc(COC(=O)C=Cc3cccc4ccccc34)no2)cc1. The van der Waals surface area contributed by atoms with Crippen molar-refractivity contribution >= 4 is 22.8 Å². The van der Waals surface area contributed by atoms with E-state index in [4.69, 9.17) is 14.0 Å². The van der Waals surface area contributed by atoms with E-state index in [0.717, 1.165) is 27.6 Å². The molecule has 0 fully saturated rings. The summed E-state index contributed by atoms with van der Waals surface area (Å²) in [5, 5.41) is 6.03. The van der Waals surface area contributed by atoms with E-state index in [1.807, 2.05) is 54.6 Å². The molecule has 4 rings (SSSR count). The molecule has 6 nitrogen and oxygen atoms in total. The average molecular weight is 386 g/mol. The molecule has 6 heteroatoms. The molecule has 1 aromatic heterocycles. The minimum atomic E-state index is -0.478. The normalized spacial score (nSPS) is 11.1. The highest BCUT2D eigenvalue weighted by Crippen LogP contribution is 2.21. The van der Waals surface area contributed by atoms with Crippen LogP contribution in [0.25, 0.3) is 28.3 Å². The van der Waals surface area contributed by atoms with Gasteiger partial charge in [0.1, 0.15) is 5.75 Å². The maximum Gasteiger partial charge on any atom is 0.331 e. The molecule has 0 aliphatic rings. The molecular formula is C23H18N2O4. The van der Waals surface area contributed by atoms with Crippen LogP contribution in [0, 0.1) is 0 Å². The van der Waals surface area contributed by atoms with E-state index in [9.17, 15) is 4.79 Å². The van der Waals surface area contributed by atoms with E-state index in [2.05, 4.69) is 10.1 Å². The first kappa shape index (κ1) is 18.4. The van der Waals surface area contributed by atoms with Gasteiger partial charge in [-0.3, -0.25) is 0 Å². The molecule has 0 atom stereocenters. The highest BCUT2D eigenvalue weighted by Gasteiger charge is 2.10. The molecule has 0 amide bonds. The van der Waals surface area contributed by atoms with E-state index in [1.165, 1.54) is 6.08 Å². The van der Waals surface area contributed by atoms with Crippen LogP contribution < -0.4 is 4.74 Å². The first-order chi connectivity index (χ1) is 14.2. The van der Waals surface area contributed by atoms with E-state index in [-0.39, 0.29) is 6.61 Å². The van der Waals surface area contributed by atoms with Gasteiger partial charge in [-0.2, -0.15) is 4.98 Å². The predicted molar refractivity (Wildman–Crippen MR) is 109 cm³/mol. The standard InChI is InChI=1S/C23H18N2O4/c1-27-19-12-9-18(10-13-19)23-24-21(25-29-23)15-28-22(26)14-11-17-7-4-6-16-5-2-3-8-20(16)17/h2-14H,15H2,1H3. The van der Waals surface area contributed by atoms with Crippen LogP contribution in [0.5, 0.6) is 5.75 Å². The summed E-state index contributed by atoms with van der Waals surface area (Å²) in [6.07, 6.45) is 3.13. The Bertz CT molecular complexity index is 1160. The average Bonchev–Trinajstić information content (AvgIpc) is 3.25. The molecule has 3 aromatic carbocycles. The number of ether oxygens (including phenoxy) is 2. The van der Waals surface area contributed by atoms with E-state index >= 15 is 0 Å². The molecule has 0 N–H and O–H groups in total. The van der Waals surface area contributed by atoms with Crippen LogP contribution in [0.3, 0.4) is 0 Å². The first-order valence-corrected chi connectivity index (χ1v) is 9.02. The summed E-state index contributed by atoms with van der Waals surface area (Å²) in [6, 6.07) is 21.2. The summed E-state index contributed by atoms with van der Waals surface area (Å²) >= 11 is 0. The van der Waals surface area contributed by atoms with Gasteiger partial charge in [0.25, 0.3) is 5.89 Å². The van der Waals surface area contributed by atoms with Crippen molar-refractivity contribution < 1.29 is 18.8 Å². The van der Waals surface area contributed by atoms with Crippen molar-refractivity contribution in [2.75, 3.05) is 7.11 Å². The number of nitrogens with zero attached hydrogens (tertiary/aromatic N) is 2. The van der Waals surface area contributed by atoms with Crippen molar-refractivity contribution in [3.63, 3.8) is 0 Å². The molecule has 0 saturated carbocycles. The van der Waals surface area contributed by atoms with Crippen molar-refractivity contribution in [3.05, 3.63) is 84.2 Å². The van der Waals surface area contributed by atoms with Gasteiger partial charge in [-0.25, -0.2) is 4.79 Å². The van der Waals surface area contributed by atoms with Gasteiger partial charge in [0.15, 0.2) is 6.61 Å². The fraction of sp³-hybridized carbons (Fsp3) is 0.0870. The van der Waals surface area contributed by atoms with Gasteiger partial charge in [0, 0.05) is 11.6 Å². The highest BCUT2D eigenvalue weighted by molar-refractivity contribution is 5.94. The molecule has 0 unspecified atom stereocenters. The molecule has 0 spiro atoms. The van der Waals surface area contributed by atoms with Crippen LogP contribution in [-0.2, 0) is 16.1 Å². The van der Waals surface area contributed by atoms with Gasteiger partial charge in [0.2, 0.25) is 5.82 Å². The molecule has 0 bridgehead atoms. The molecule has 29 heavy (non-hydrogen) atoms. The fourth-order valence-electron chi connectivity index (χ4n) is 2.90. The molecule has 1 heterocycles. The first-order valence-electron chi connectivity index (χ1n) is 9.02. The maximum absolute atomic E-state index is 12.1. The van der Waals surface area contributed by atoms with Crippen molar-refractivity contribution in [1.82, 2.24) is 10.1 Å². The number of fused-ring (bicyclic) bond motifs is 1. The summed E-state index contributed by atoms with van der Waals surface area (Å²) in [4.78, 5) is 16.3. The highest BCUT2D eigenvalue weighted by atomic mass is 16.5. The van der Waals surface area contributed by atoms with Crippen molar-refractivity contribution in [2.24, 2.45) is 0 Å². The van der Waals surface area contributed by atoms with Crippen LogP contribution in [0.2, 0.25) is 0 Å². The lowest BCUT2D eigenvalue weighted by atomic mass is 10.0. The number of hydrogen-bond donors (Lipinski definition) is 0. The Morgan fingerprint density at radius 3 is 2.66 bits per heavy atom. The third-order valence-electron chi connectivity index (χ3n) is 4.37. The molecular weight excluding hydrogens is 368 g/mol. The number of rotatable bonds is 6. The van der Waals surface area contributed by atoms with Gasteiger partial charge in [-0.15, -0.1) is 0 Å². The van der Waals surface area contributed by atoms with E-state index in [1.54, 1.807) is 25.3 Å². The van der Waals surface area contributed by atoms with Crippen molar-refractivity contribution in [3.8, 4) is 17.2 Å². The van der Waals surface area contributed by atoms with Crippen LogP contribution >= 0.6 is 0 Å². The summed E-state index contributed by atoms with van der Waals surface area (Å²) in [5.74, 6) is 0.905. The van der Waals surface area contributed by atoms with Crippen molar-refractivity contribution in [2.45, 2.75) is 6.61 Å². The number of methoxy groups -OCH3 is 1. The zero-order valence-corrected chi connectivity index (χ0v) is 15.7. The summed E-state index contributed by atoms with van der Waals surface area (Å²) in [7, 11) is 1.60. The van der Waals surface area contributed by atoms with Crippen LogP contribution in [0.4, 0.5) is 0 Å². The van der Waals surface area contributed by atoms with Crippen LogP contribution in [0.15, 0.2) is 77.3 Å². The predicted octanol–water partition coefficient (Wildman–Crippen LogP) is 4.66. The Morgan fingerprint density at radius 1 is 1.03 bits per heavy atom. The monoisotopic (exact) mass is 386 g/mol. The lowest BCUT2D eigenvalue weighted by molar-refractivity contribution is -0.139. The van der Waals surface area contributed by atoms with Gasteiger partial charge in [-0.1, -0.05) is 47.6 Å². The number of hydrogen-bond acceptors (Lipinski definition) is 6. The number of esters is 1. The van der Waals surface area contributed by atoms with Gasteiger partial charge in [0.05, 0.1) is 7.11 Å². The fourth-order valence-corrected chi connectivity index (χ4v) is 2.90. The van der Waals surface area contributed by atoms with Gasteiger partial charge < -0.3 is 14.0 Å². The second-order valence-electron chi connectivity index (χ2n) is 6.25. The zero-order chi connectivity index (χ0) is 20.1. The third-order valence-corrected chi connectivity index (χ3v) is 4.37. The lowest BCUT2D eigenvalue weighted by Crippen LogP contribution is -2.02. The molecule has 0 aliphatic heterocycles.